The summed E-state index contributed by atoms with van der Waals surface area (Å²) in [6.45, 7) is 0. The molecule has 0 atom stereocenters. The zero-order chi connectivity index (χ0) is 15.0. The molecule has 0 aliphatic heterocycles. The lowest BCUT2D eigenvalue weighted by molar-refractivity contribution is 0.102. The van der Waals surface area contributed by atoms with E-state index in [0.717, 1.165) is 30.5 Å². The Morgan fingerprint density at radius 1 is 1.19 bits per heavy atom. The molecule has 1 aromatic heterocycles. The van der Waals surface area contributed by atoms with Gasteiger partial charge in [-0.05, 0) is 49.1 Å². The van der Waals surface area contributed by atoms with Crippen molar-refractivity contribution in [3.8, 4) is 0 Å². The first-order valence-electron chi connectivity index (χ1n) is 6.56. The van der Waals surface area contributed by atoms with Crippen LogP contribution in [0.5, 0.6) is 0 Å². The van der Waals surface area contributed by atoms with Crippen LogP contribution in [-0.2, 0) is 12.8 Å². The third-order valence-electron chi connectivity index (χ3n) is 3.51. The number of anilines is 1. The minimum absolute atomic E-state index is 0.0988. The topological polar surface area (TPSA) is 62.0 Å². The number of rotatable bonds is 2. The second-order valence-electron chi connectivity index (χ2n) is 4.95. The molecule has 2 N–H and O–H groups in total. The number of halogens is 2. The molecule has 0 saturated heterocycles. The second-order valence-corrected chi connectivity index (χ2v) is 5.79. The van der Waals surface area contributed by atoms with E-state index in [1.54, 1.807) is 18.2 Å². The molecular weight excluding hydrogens is 311 g/mol. The molecule has 108 valence electrons. The van der Waals surface area contributed by atoms with Crippen LogP contribution < -0.4 is 10.9 Å². The van der Waals surface area contributed by atoms with Crippen LogP contribution in [0.25, 0.3) is 0 Å². The number of nitrogens with one attached hydrogen (secondary N) is 2. The first kappa shape index (κ1) is 14.2. The van der Waals surface area contributed by atoms with E-state index in [4.69, 9.17) is 23.2 Å². The van der Waals surface area contributed by atoms with Crippen molar-refractivity contribution < 1.29 is 4.79 Å². The molecule has 0 spiro atoms. The van der Waals surface area contributed by atoms with Crippen molar-refractivity contribution in [2.75, 3.05) is 5.32 Å². The summed E-state index contributed by atoms with van der Waals surface area (Å²) in [5.41, 5.74) is 2.11. The standard InChI is InChI=1S/C15H12Cl2N2O2/c16-9-4-5-13(11(17)7-9)19-15(21)10-6-8-2-1-3-12(8)18-14(10)20/h4-7H,1-3H2,(H,18,20)(H,19,21). The molecule has 1 amide bonds. The molecule has 6 heteroatoms. The van der Waals surface area contributed by atoms with Crippen LogP contribution in [0.2, 0.25) is 10.0 Å². The van der Waals surface area contributed by atoms with Crippen molar-refractivity contribution in [1.29, 1.82) is 0 Å². The monoisotopic (exact) mass is 322 g/mol. The van der Waals surface area contributed by atoms with E-state index in [0.29, 0.717) is 15.7 Å². The van der Waals surface area contributed by atoms with Crippen LogP contribution in [0, 0.1) is 0 Å². The maximum absolute atomic E-state index is 12.2. The van der Waals surface area contributed by atoms with Crippen LogP contribution >= 0.6 is 23.2 Å². The highest BCUT2D eigenvalue weighted by molar-refractivity contribution is 6.36. The summed E-state index contributed by atoms with van der Waals surface area (Å²) in [5.74, 6) is -0.477. The SMILES string of the molecule is O=C(Nc1ccc(Cl)cc1Cl)c1cc2c([nH]c1=O)CCC2. The average molecular weight is 323 g/mol. The van der Waals surface area contributed by atoms with Crippen molar-refractivity contribution in [1.82, 2.24) is 4.98 Å². The van der Waals surface area contributed by atoms with E-state index in [-0.39, 0.29) is 11.1 Å². The second kappa shape index (κ2) is 5.54. The molecule has 4 nitrogen and oxygen atoms in total. The van der Waals surface area contributed by atoms with Gasteiger partial charge in [-0.3, -0.25) is 9.59 Å². The minimum Gasteiger partial charge on any atom is -0.325 e. The van der Waals surface area contributed by atoms with Gasteiger partial charge in [0.15, 0.2) is 0 Å². The van der Waals surface area contributed by atoms with Gasteiger partial charge in [-0.25, -0.2) is 0 Å². The lowest BCUT2D eigenvalue weighted by atomic mass is 10.1. The molecular formula is C15H12Cl2N2O2. The molecule has 2 aromatic rings. The van der Waals surface area contributed by atoms with E-state index in [1.807, 2.05) is 0 Å². The van der Waals surface area contributed by atoms with Gasteiger partial charge in [0.05, 0.1) is 10.7 Å². The maximum atomic E-state index is 12.2. The van der Waals surface area contributed by atoms with Crippen LogP contribution in [0.15, 0.2) is 29.1 Å². The fourth-order valence-electron chi connectivity index (χ4n) is 2.46. The lowest BCUT2D eigenvalue weighted by Gasteiger charge is -2.08. The molecule has 1 aliphatic rings. The summed E-state index contributed by atoms with van der Waals surface area (Å²) < 4.78 is 0. The van der Waals surface area contributed by atoms with E-state index < -0.39 is 5.91 Å². The number of fused-ring (bicyclic) bond motifs is 1. The molecule has 3 rings (SSSR count). The quantitative estimate of drug-likeness (QED) is 0.889. The minimum atomic E-state index is -0.477. The highest BCUT2D eigenvalue weighted by Gasteiger charge is 2.18. The Kier molecular flexibility index (Phi) is 3.74. The summed E-state index contributed by atoms with van der Waals surface area (Å²) in [5, 5.41) is 3.44. The van der Waals surface area contributed by atoms with Gasteiger partial charge < -0.3 is 10.3 Å². The number of amides is 1. The smallest absolute Gasteiger partial charge is 0.261 e. The molecule has 1 aliphatic carbocycles. The third kappa shape index (κ3) is 2.82. The predicted octanol–water partition coefficient (Wildman–Crippen LogP) is 3.42. The summed E-state index contributed by atoms with van der Waals surface area (Å²) in [4.78, 5) is 27.0. The van der Waals surface area contributed by atoms with Crippen molar-refractivity contribution >= 4 is 34.8 Å². The molecule has 1 heterocycles. The molecule has 0 fully saturated rings. The van der Waals surface area contributed by atoms with Gasteiger partial charge in [0.1, 0.15) is 5.56 Å². The third-order valence-corrected chi connectivity index (χ3v) is 4.06. The molecule has 1 aromatic carbocycles. The zero-order valence-corrected chi connectivity index (χ0v) is 12.5. The Bertz CT molecular complexity index is 784. The Hall–Kier alpha value is -1.78. The number of aryl methyl sites for hydroxylation is 2. The normalized spacial score (nSPS) is 13.0. The van der Waals surface area contributed by atoms with Gasteiger partial charge in [-0.2, -0.15) is 0 Å². The van der Waals surface area contributed by atoms with E-state index in [2.05, 4.69) is 10.3 Å². The van der Waals surface area contributed by atoms with Crippen LogP contribution in [-0.4, -0.2) is 10.9 Å². The first-order chi connectivity index (χ1) is 10.0. The molecule has 0 saturated carbocycles. The van der Waals surface area contributed by atoms with Crippen molar-refractivity contribution in [3.05, 3.63) is 61.5 Å². The van der Waals surface area contributed by atoms with Crippen LogP contribution in [0.1, 0.15) is 28.0 Å². The number of H-pyrrole nitrogens is 1. The van der Waals surface area contributed by atoms with E-state index >= 15 is 0 Å². The molecule has 0 bridgehead atoms. The Morgan fingerprint density at radius 2 is 2.00 bits per heavy atom. The van der Waals surface area contributed by atoms with Crippen LogP contribution in [0.4, 0.5) is 5.69 Å². The number of aromatic amines is 1. The number of benzene rings is 1. The largest absolute Gasteiger partial charge is 0.325 e. The summed E-state index contributed by atoms with van der Waals surface area (Å²) in [7, 11) is 0. The Labute approximate surface area is 131 Å². The number of hydrogen-bond acceptors (Lipinski definition) is 2. The van der Waals surface area contributed by atoms with Crippen LogP contribution in [0.3, 0.4) is 0 Å². The Balaban J connectivity index is 1.91. The number of hydrogen-bond donors (Lipinski definition) is 2. The summed E-state index contributed by atoms with van der Waals surface area (Å²) in [6.07, 6.45) is 2.74. The number of carbonyl (C=O) groups excluding carboxylic acids is 1. The molecule has 0 radical (unpaired) electrons. The fourth-order valence-corrected chi connectivity index (χ4v) is 2.92. The maximum Gasteiger partial charge on any atom is 0.261 e. The summed E-state index contributed by atoms with van der Waals surface area (Å²) >= 11 is 11.8. The highest BCUT2D eigenvalue weighted by atomic mass is 35.5. The first-order valence-corrected chi connectivity index (χ1v) is 7.31. The van der Waals surface area contributed by atoms with E-state index in [1.165, 1.54) is 6.07 Å². The average Bonchev–Trinajstić information content (AvgIpc) is 2.88. The number of aromatic nitrogens is 1. The zero-order valence-electron chi connectivity index (χ0n) is 11.0. The number of pyridine rings is 1. The van der Waals surface area contributed by atoms with Gasteiger partial charge in [0.2, 0.25) is 0 Å². The van der Waals surface area contributed by atoms with Crippen molar-refractivity contribution in [2.24, 2.45) is 0 Å². The molecule has 21 heavy (non-hydrogen) atoms. The van der Waals surface area contributed by atoms with Crippen molar-refractivity contribution in [3.63, 3.8) is 0 Å². The molecule has 0 unspecified atom stereocenters. The summed E-state index contributed by atoms with van der Waals surface area (Å²) in [6, 6.07) is 6.42. The van der Waals surface area contributed by atoms with Crippen molar-refractivity contribution in [2.45, 2.75) is 19.3 Å². The van der Waals surface area contributed by atoms with Gasteiger partial charge in [0.25, 0.3) is 11.5 Å². The van der Waals surface area contributed by atoms with Gasteiger partial charge in [-0.1, -0.05) is 23.2 Å². The Morgan fingerprint density at radius 3 is 2.76 bits per heavy atom. The fraction of sp³-hybridized carbons (Fsp3) is 0.200. The van der Waals surface area contributed by atoms with E-state index in [9.17, 15) is 9.59 Å². The van der Waals surface area contributed by atoms with Gasteiger partial charge >= 0.3 is 0 Å². The lowest BCUT2D eigenvalue weighted by Crippen LogP contribution is -2.24. The highest BCUT2D eigenvalue weighted by Crippen LogP contribution is 2.26. The number of carbonyl (C=O) groups is 1. The predicted molar refractivity (Wildman–Crippen MR) is 83.5 cm³/mol. The van der Waals surface area contributed by atoms with Gasteiger partial charge in [0, 0.05) is 10.7 Å². The van der Waals surface area contributed by atoms with Gasteiger partial charge in [-0.15, -0.1) is 0 Å².